The van der Waals surface area contributed by atoms with Crippen LogP contribution < -0.4 is 4.72 Å². The fraction of sp³-hybridized carbons (Fsp3) is 0.300. The molecule has 132 valence electrons. The molecule has 0 aliphatic heterocycles. The van der Waals surface area contributed by atoms with Crippen molar-refractivity contribution in [2.45, 2.75) is 18.6 Å². The zero-order chi connectivity index (χ0) is 18.3. The summed E-state index contributed by atoms with van der Waals surface area (Å²) in [7, 11) is -5.81. The summed E-state index contributed by atoms with van der Waals surface area (Å²) in [4.78, 5) is 7.15. The van der Waals surface area contributed by atoms with Gasteiger partial charge in [-0.05, 0) is 13.0 Å². The van der Waals surface area contributed by atoms with Crippen LogP contribution in [-0.4, -0.2) is 33.7 Å². The maximum atomic E-state index is 12.6. The van der Waals surface area contributed by atoms with Crippen LogP contribution in [0.2, 0.25) is 0 Å². The van der Waals surface area contributed by atoms with E-state index in [1.165, 1.54) is 11.6 Å². The minimum Gasteiger partial charge on any atom is -0.271 e. The quantitative estimate of drug-likeness (QED) is 0.832. The summed E-state index contributed by atoms with van der Waals surface area (Å²) < 4.78 is 98.9. The maximum absolute atomic E-state index is 12.6. The average molecular weight is 375 g/mol. The van der Waals surface area contributed by atoms with E-state index in [1.807, 2.05) is 0 Å². The lowest BCUT2D eigenvalue weighted by atomic mass is 10.4. The second-order valence-electron chi connectivity index (χ2n) is 4.35. The molecule has 24 heavy (non-hydrogen) atoms. The normalized spacial score (nSPS) is 13.1. The van der Waals surface area contributed by atoms with E-state index in [4.69, 9.17) is 0 Å². The predicted molar refractivity (Wildman–Crippen MR) is 67.5 cm³/mol. The molecule has 0 spiro atoms. The first-order chi connectivity index (χ1) is 10.8. The summed E-state index contributed by atoms with van der Waals surface area (Å²) in [5.41, 5.74) is -7.74. The van der Waals surface area contributed by atoms with Crippen molar-refractivity contribution in [2.24, 2.45) is 0 Å². The second kappa shape index (κ2) is 5.61. The maximum Gasteiger partial charge on any atom is 0.516 e. The Labute approximate surface area is 130 Å². The third-order valence-corrected chi connectivity index (χ3v) is 3.63. The van der Waals surface area contributed by atoms with Crippen molar-refractivity contribution in [1.82, 2.24) is 19.7 Å². The molecule has 0 amide bonds. The summed E-state index contributed by atoms with van der Waals surface area (Å²) in [6, 6.07) is 0.555. The molecule has 0 atom stereocenters. The van der Waals surface area contributed by atoms with Gasteiger partial charge in [0.1, 0.15) is 11.5 Å². The molecule has 0 fully saturated rings. The van der Waals surface area contributed by atoms with Gasteiger partial charge in [0, 0.05) is 6.20 Å². The Balaban J connectivity index is 2.52. The Kier molecular flexibility index (Phi) is 4.20. The zero-order valence-electron chi connectivity index (χ0n) is 11.5. The molecule has 0 saturated carbocycles. The van der Waals surface area contributed by atoms with Gasteiger partial charge >= 0.3 is 21.7 Å². The van der Waals surface area contributed by atoms with Crippen LogP contribution in [0.5, 0.6) is 0 Å². The number of sulfonamides is 1. The van der Waals surface area contributed by atoms with Crippen LogP contribution in [0.4, 0.5) is 32.0 Å². The first-order valence-corrected chi connectivity index (χ1v) is 7.35. The van der Waals surface area contributed by atoms with E-state index in [-0.39, 0.29) is 5.82 Å². The van der Waals surface area contributed by atoms with E-state index in [0.29, 0.717) is 16.9 Å². The topological polar surface area (TPSA) is 89.8 Å². The summed E-state index contributed by atoms with van der Waals surface area (Å²) in [6.07, 6.45) is -3.33. The van der Waals surface area contributed by atoms with Crippen LogP contribution in [-0.2, 0) is 16.2 Å². The molecule has 2 heterocycles. The lowest BCUT2D eigenvalue weighted by Crippen LogP contribution is -2.30. The first kappa shape index (κ1) is 18.0. The molecule has 0 aliphatic carbocycles. The number of nitrogens with zero attached hydrogens (tertiary/aromatic N) is 4. The number of anilines is 1. The highest BCUT2D eigenvalue weighted by Gasteiger charge is 2.46. The van der Waals surface area contributed by atoms with E-state index in [9.17, 15) is 34.8 Å². The highest BCUT2D eigenvalue weighted by Crippen LogP contribution is 2.30. The Bertz CT molecular complexity index is 857. The van der Waals surface area contributed by atoms with Crippen molar-refractivity contribution in [3.63, 3.8) is 0 Å². The van der Waals surface area contributed by atoms with Crippen molar-refractivity contribution in [2.75, 3.05) is 4.72 Å². The van der Waals surface area contributed by atoms with Crippen LogP contribution in [0, 0.1) is 6.92 Å². The van der Waals surface area contributed by atoms with Crippen LogP contribution in [0.3, 0.4) is 0 Å². The van der Waals surface area contributed by atoms with Crippen LogP contribution in [0.25, 0.3) is 5.82 Å². The van der Waals surface area contributed by atoms with Crippen LogP contribution in [0.15, 0.2) is 18.5 Å². The summed E-state index contributed by atoms with van der Waals surface area (Å²) in [5, 5.41) is 3.13. The van der Waals surface area contributed by atoms with Gasteiger partial charge in [0.15, 0.2) is 11.5 Å². The minimum atomic E-state index is -5.81. The molecular formula is C10H7F6N5O2S. The SMILES string of the molecule is Cc1ncc(NS(=O)(=O)C(F)(F)F)c(-n2ccc(C(F)(F)F)n2)n1. The van der Waals surface area contributed by atoms with Gasteiger partial charge in [0.2, 0.25) is 0 Å². The number of aromatic nitrogens is 4. The molecule has 14 heteroatoms. The van der Waals surface area contributed by atoms with E-state index < -0.39 is 38.9 Å². The van der Waals surface area contributed by atoms with Crippen LogP contribution >= 0.6 is 0 Å². The fourth-order valence-electron chi connectivity index (χ4n) is 1.50. The van der Waals surface area contributed by atoms with E-state index >= 15 is 0 Å². The smallest absolute Gasteiger partial charge is 0.271 e. The Morgan fingerprint density at radius 2 is 1.79 bits per heavy atom. The minimum absolute atomic E-state index is 0.0241. The third kappa shape index (κ3) is 3.58. The largest absolute Gasteiger partial charge is 0.516 e. The lowest BCUT2D eigenvalue weighted by Gasteiger charge is -2.13. The molecular weight excluding hydrogens is 368 g/mol. The van der Waals surface area contributed by atoms with Gasteiger partial charge in [-0.1, -0.05) is 0 Å². The Hall–Kier alpha value is -2.38. The standard InChI is InChI=1S/C10H7F6N5O2S/c1-5-17-4-6(20-24(22,23)10(14,15)16)8(18-5)21-3-2-7(19-21)9(11,12)13/h2-4,20H,1H3. The van der Waals surface area contributed by atoms with Gasteiger partial charge in [-0.15, -0.1) is 0 Å². The molecule has 1 N–H and O–H groups in total. The van der Waals surface area contributed by atoms with Gasteiger partial charge in [-0.3, -0.25) is 4.72 Å². The first-order valence-electron chi connectivity index (χ1n) is 5.87. The van der Waals surface area contributed by atoms with Gasteiger partial charge in [0.25, 0.3) is 0 Å². The molecule has 7 nitrogen and oxygen atoms in total. The Morgan fingerprint density at radius 1 is 1.17 bits per heavy atom. The highest BCUT2D eigenvalue weighted by molar-refractivity contribution is 7.93. The number of rotatable bonds is 3. The molecule has 0 saturated heterocycles. The van der Waals surface area contributed by atoms with Crippen LogP contribution in [0.1, 0.15) is 11.5 Å². The molecule has 0 radical (unpaired) electrons. The van der Waals surface area contributed by atoms with Gasteiger partial charge in [-0.2, -0.15) is 39.9 Å². The van der Waals surface area contributed by atoms with Crippen molar-refractivity contribution >= 4 is 15.7 Å². The molecule has 0 aliphatic rings. The van der Waals surface area contributed by atoms with Gasteiger partial charge < -0.3 is 0 Å². The number of nitrogens with one attached hydrogen (secondary N) is 1. The molecule has 2 aromatic heterocycles. The summed E-state index contributed by atoms with van der Waals surface area (Å²) in [6.45, 7) is 1.31. The van der Waals surface area contributed by atoms with Gasteiger partial charge in [0.05, 0.1) is 6.20 Å². The van der Waals surface area contributed by atoms with E-state index in [2.05, 4.69) is 15.1 Å². The fourth-order valence-corrected chi connectivity index (χ4v) is 2.05. The number of aryl methyl sites for hydroxylation is 1. The highest BCUT2D eigenvalue weighted by atomic mass is 32.2. The zero-order valence-corrected chi connectivity index (χ0v) is 12.3. The molecule has 0 aromatic carbocycles. The van der Waals surface area contributed by atoms with E-state index in [1.54, 1.807) is 0 Å². The Morgan fingerprint density at radius 3 is 2.29 bits per heavy atom. The van der Waals surface area contributed by atoms with Crippen molar-refractivity contribution in [1.29, 1.82) is 0 Å². The molecule has 2 aromatic rings. The van der Waals surface area contributed by atoms with Crippen molar-refractivity contribution in [3.8, 4) is 5.82 Å². The third-order valence-electron chi connectivity index (χ3n) is 2.53. The summed E-state index contributed by atoms with van der Waals surface area (Å²) in [5.74, 6) is -0.616. The predicted octanol–water partition coefficient (Wildman–Crippen LogP) is 2.25. The monoisotopic (exact) mass is 375 g/mol. The second-order valence-corrected chi connectivity index (χ2v) is 6.02. The number of hydrogen-bond acceptors (Lipinski definition) is 5. The van der Waals surface area contributed by atoms with Crippen molar-refractivity contribution in [3.05, 3.63) is 30.0 Å². The number of halogens is 6. The van der Waals surface area contributed by atoms with Gasteiger partial charge in [-0.25, -0.2) is 14.6 Å². The number of hydrogen-bond donors (Lipinski definition) is 1. The molecule has 0 unspecified atom stereocenters. The average Bonchev–Trinajstić information content (AvgIpc) is 2.88. The molecule has 2 rings (SSSR count). The number of alkyl halides is 6. The van der Waals surface area contributed by atoms with Crippen molar-refractivity contribution < 1.29 is 34.8 Å². The van der Waals surface area contributed by atoms with E-state index in [0.717, 1.165) is 6.20 Å². The lowest BCUT2D eigenvalue weighted by molar-refractivity contribution is -0.141. The summed E-state index contributed by atoms with van der Waals surface area (Å²) >= 11 is 0. The molecule has 0 bridgehead atoms.